The summed E-state index contributed by atoms with van der Waals surface area (Å²) in [5.74, 6) is -0.595. The lowest BCUT2D eigenvalue weighted by molar-refractivity contribution is 0.00578. The minimum absolute atomic E-state index is 0.275. The van der Waals surface area contributed by atoms with Crippen molar-refractivity contribution in [1.29, 1.82) is 10.5 Å². The lowest BCUT2D eigenvalue weighted by Crippen LogP contribution is -2.41. The maximum Gasteiger partial charge on any atom is 0.498 e. The maximum absolute atomic E-state index is 12.2. The molecule has 2 amide bonds. The first kappa shape index (κ1) is 37.3. The van der Waals surface area contributed by atoms with Gasteiger partial charge in [0.15, 0.2) is 0 Å². The molecule has 7 rings (SSSR count). The van der Waals surface area contributed by atoms with E-state index in [9.17, 15) is 9.59 Å². The number of aromatic amines is 2. The van der Waals surface area contributed by atoms with Gasteiger partial charge in [-0.1, -0.05) is 29.3 Å². The molecule has 1 saturated heterocycles. The molecule has 4 N–H and O–H groups in total. The van der Waals surface area contributed by atoms with Crippen molar-refractivity contribution in [2.45, 2.75) is 75.7 Å². The van der Waals surface area contributed by atoms with E-state index >= 15 is 0 Å². The molecule has 0 spiro atoms. The van der Waals surface area contributed by atoms with Gasteiger partial charge in [0.2, 0.25) is 0 Å². The zero-order chi connectivity index (χ0) is 36.3. The number of amides is 2. The fourth-order valence-electron chi connectivity index (χ4n) is 4.68. The first-order valence-electron chi connectivity index (χ1n) is 15.7. The molecule has 4 aromatic rings. The van der Waals surface area contributed by atoms with Crippen molar-refractivity contribution < 1.29 is 18.9 Å². The Labute approximate surface area is 313 Å². The average Bonchev–Trinajstić information content (AvgIpc) is 3.80. The molecule has 258 valence electrons. The van der Waals surface area contributed by atoms with Gasteiger partial charge in [-0.15, -0.1) is 0 Å². The molecule has 3 heterocycles. The van der Waals surface area contributed by atoms with Crippen LogP contribution in [0.1, 0.15) is 74.1 Å². The summed E-state index contributed by atoms with van der Waals surface area (Å²) in [6, 6.07) is 14.7. The van der Waals surface area contributed by atoms with E-state index in [1.54, 1.807) is 49.1 Å². The van der Waals surface area contributed by atoms with Crippen molar-refractivity contribution in [1.82, 2.24) is 31.0 Å². The highest BCUT2D eigenvalue weighted by molar-refractivity contribution is 14.1. The van der Waals surface area contributed by atoms with Crippen molar-refractivity contribution >= 4 is 70.2 Å². The summed E-state index contributed by atoms with van der Waals surface area (Å²) in [5.41, 5.74) is 1.52. The normalized spacial score (nSPS) is 18.1. The van der Waals surface area contributed by atoms with Crippen LogP contribution in [0.3, 0.4) is 0 Å². The summed E-state index contributed by atoms with van der Waals surface area (Å²) < 4.78 is 12.6. The lowest BCUT2D eigenvalue weighted by Gasteiger charge is -2.32. The Kier molecular flexibility index (Phi) is 11.0. The van der Waals surface area contributed by atoms with Gasteiger partial charge < -0.3 is 19.9 Å². The Hall–Kier alpha value is -3.93. The third-order valence-corrected chi connectivity index (χ3v) is 10.2. The van der Waals surface area contributed by atoms with Crippen LogP contribution in [0.5, 0.6) is 0 Å². The van der Waals surface area contributed by atoms with Gasteiger partial charge in [0, 0.05) is 33.2 Å². The van der Waals surface area contributed by atoms with Gasteiger partial charge in [0.25, 0.3) is 11.8 Å². The summed E-state index contributed by atoms with van der Waals surface area (Å²) in [7, 11) is -0.307. The smallest absolute Gasteiger partial charge is 0.399 e. The number of benzene rings is 2. The van der Waals surface area contributed by atoms with Crippen LogP contribution in [0.2, 0.25) is 10.0 Å². The van der Waals surface area contributed by atoms with Gasteiger partial charge in [-0.2, -0.15) is 20.7 Å². The van der Waals surface area contributed by atoms with E-state index in [2.05, 4.69) is 65.8 Å². The molecule has 2 saturated carbocycles. The average molecular weight is 827 g/mol. The van der Waals surface area contributed by atoms with Crippen LogP contribution >= 0.6 is 45.8 Å². The molecule has 1 aliphatic heterocycles. The molecule has 16 heteroatoms. The Morgan fingerprint density at radius 2 is 1.30 bits per heavy atom. The van der Waals surface area contributed by atoms with E-state index in [-0.39, 0.29) is 30.1 Å². The number of hydrogen-bond acceptors (Lipinski definition) is 8. The first-order chi connectivity index (χ1) is 23.6. The highest BCUT2D eigenvalue weighted by Crippen LogP contribution is 2.37. The second-order valence-corrected chi connectivity index (χ2v) is 15.3. The summed E-state index contributed by atoms with van der Waals surface area (Å²) in [5, 5.41) is 37.3. The number of H-pyrrole nitrogens is 2. The fraction of sp³-hybridized carbons (Fsp3) is 0.353. The van der Waals surface area contributed by atoms with Gasteiger partial charge >= 0.3 is 7.12 Å². The van der Waals surface area contributed by atoms with Gasteiger partial charge in [-0.3, -0.25) is 19.8 Å². The number of carbonyl (C=O) groups is 2. The van der Waals surface area contributed by atoms with E-state index in [1.165, 1.54) is 0 Å². The fourth-order valence-corrected chi connectivity index (χ4v) is 5.57. The van der Waals surface area contributed by atoms with Crippen LogP contribution < -0.4 is 16.1 Å². The molecule has 12 nitrogen and oxygen atoms in total. The monoisotopic (exact) mass is 826 g/mol. The van der Waals surface area contributed by atoms with Crippen molar-refractivity contribution in [3.8, 4) is 23.3 Å². The summed E-state index contributed by atoms with van der Waals surface area (Å²) >= 11 is 14.1. The topological polar surface area (TPSA) is 182 Å². The van der Waals surface area contributed by atoms with Crippen LogP contribution in [-0.2, 0) is 9.31 Å². The Balaban J connectivity index is 0.000000148. The maximum atomic E-state index is 12.2. The predicted octanol–water partition coefficient (Wildman–Crippen LogP) is 5.96. The SMILES string of the molecule is CC1(C)OB(c2cn[nH]c2)OC1(C)C.N#CC1(NC(=O)c2cc(-c3cn[nH]c3)ccc2Cl)CC1.N#CC1(NC(=O)c2cc(I)ccc2Cl)CC1. The second-order valence-electron chi connectivity index (χ2n) is 13.2. The zero-order valence-corrected chi connectivity index (χ0v) is 31.4. The Bertz CT molecular complexity index is 1930. The van der Waals surface area contributed by atoms with Gasteiger partial charge in [0.05, 0.1) is 50.7 Å². The van der Waals surface area contributed by atoms with Crippen LogP contribution in [0.25, 0.3) is 11.1 Å². The molecule has 3 fully saturated rings. The standard InChI is InChI=1S/C14H11ClN4O.C11H8ClIN2O.C9H15BN2O2/c15-12-2-1-9(10-6-17-18-7-10)5-11(12)13(20)19-14(8-16)3-4-14;12-9-2-1-7(13)5-8(9)10(16)15-11(6-14)3-4-11;1-8(2)9(3,4)14-10(13-8)7-5-11-12-6-7/h1-2,5-7H,3-4H2,(H,17,18)(H,19,20);1-2,5H,3-4H2,(H,15,16);5-6H,1-4H3,(H,11,12). The molecule has 0 radical (unpaired) electrons. The molecular weight excluding hydrogens is 793 g/mol. The van der Waals surface area contributed by atoms with Gasteiger partial charge in [-0.05, 0) is 112 Å². The molecule has 3 aliphatic rings. The highest BCUT2D eigenvalue weighted by atomic mass is 127. The van der Waals surface area contributed by atoms with Crippen molar-refractivity contribution in [2.75, 3.05) is 0 Å². The molecule has 2 aliphatic carbocycles. The summed E-state index contributed by atoms with van der Waals surface area (Å²) in [4.78, 5) is 24.1. The number of carbonyl (C=O) groups excluding carboxylic acids is 2. The van der Waals surface area contributed by atoms with Gasteiger partial charge in [0.1, 0.15) is 11.1 Å². The Morgan fingerprint density at radius 1 is 0.800 bits per heavy atom. The molecule has 0 atom stereocenters. The third-order valence-electron chi connectivity index (χ3n) is 8.89. The van der Waals surface area contributed by atoms with Crippen LogP contribution in [-0.4, -0.2) is 61.6 Å². The largest absolute Gasteiger partial charge is 0.498 e. The second kappa shape index (κ2) is 14.7. The van der Waals surface area contributed by atoms with Crippen LogP contribution in [0.4, 0.5) is 0 Å². The van der Waals surface area contributed by atoms with Crippen molar-refractivity contribution in [3.63, 3.8) is 0 Å². The number of nitrogens with one attached hydrogen (secondary N) is 4. The molecule has 0 bridgehead atoms. The summed E-state index contributed by atoms with van der Waals surface area (Å²) in [6.45, 7) is 8.14. The minimum atomic E-state index is -0.702. The molecule has 2 aromatic carbocycles. The van der Waals surface area contributed by atoms with Crippen molar-refractivity contribution in [3.05, 3.63) is 85.9 Å². The number of hydrogen-bond donors (Lipinski definition) is 4. The van der Waals surface area contributed by atoms with E-state index in [4.69, 9.17) is 43.0 Å². The minimum Gasteiger partial charge on any atom is -0.399 e. The molecule has 0 unspecified atom stereocenters. The summed E-state index contributed by atoms with van der Waals surface area (Å²) in [6.07, 6.45) is 9.74. The highest BCUT2D eigenvalue weighted by Gasteiger charge is 2.52. The number of halogens is 3. The number of aromatic nitrogens is 4. The Morgan fingerprint density at radius 3 is 1.76 bits per heavy atom. The van der Waals surface area contributed by atoms with Gasteiger partial charge in [-0.25, -0.2) is 0 Å². The van der Waals surface area contributed by atoms with E-state index in [0.29, 0.717) is 34.0 Å². The third kappa shape index (κ3) is 8.68. The quantitative estimate of drug-likeness (QED) is 0.136. The number of nitriles is 2. The molecule has 50 heavy (non-hydrogen) atoms. The van der Waals surface area contributed by atoms with Crippen LogP contribution in [0.15, 0.2) is 61.2 Å². The first-order valence-corrected chi connectivity index (χ1v) is 17.5. The van der Waals surface area contributed by atoms with E-state index < -0.39 is 11.1 Å². The lowest BCUT2D eigenvalue weighted by atomic mass is 9.82. The number of nitrogens with zero attached hydrogens (tertiary/aromatic N) is 4. The van der Waals surface area contributed by atoms with Crippen LogP contribution in [0, 0.1) is 26.2 Å². The predicted molar refractivity (Wildman–Crippen MR) is 198 cm³/mol. The van der Waals surface area contributed by atoms with E-state index in [0.717, 1.165) is 33.0 Å². The van der Waals surface area contributed by atoms with E-state index in [1.807, 2.05) is 39.8 Å². The molecular formula is C34H34BCl2IN8O4. The van der Waals surface area contributed by atoms with Crippen molar-refractivity contribution in [2.24, 2.45) is 0 Å². The number of rotatable bonds is 6. The molecule has 2 aromatic heterocycles. The zero-order valence-electron chi connectivity index (χ0n) is 27.7.